The second-order valence-electron chi connectivity index (χ2n) is 8.99. The minimum Gasteiger partial charge on any atom is -0.379 e. The molecule has 186 valence electrons. The number of aromatic nitrogens is 3. The number of rotatable bonds is 8. The maximum atomic E-state index is 12.9. The third kappa shape index (κ3) is 6.53. The highest BCUT2D eigenvalue weighted by atomic mass is 16.5. The van der Waals surface area contributed by atoms with E-state index in [9.17, 15) is 4.79 Å². The molecule has 1 aliphatic heterocycles. The minimum atomic E-state index is 0.162. The van der Waals surface area contributed by atoms with Crippen LogP contribution in [0.25, 0.3) is 17.0 Å². The Bertz CT molecular complexity index is 1250. The van der Waals surface area contributed by atoms with Crippen LogP contribution in [0.5, 0.6) is 0 Å². The largest absolute Gasteiger partial charge is 0.379 e. The molecular weight excluding hydrogens is 448 g/mol. The summed E-state index contributed by atoms with van der Waals surface area (Å²) in [4.78, 5) is 19.9. The fraction of sp³-hybridized carbons (Fsp3) is 0.300. The second kappa shape index (κ2) is 12.4. The quantitative estimate of drug-likeness (QED) is 0.510. The van der Waals surface area contributed by atoms with Crippen LogP contribution in [-0.4, -0.2) is 58.7 Å². The van der Waals surface area contributed by atoms with Gasteiger partial charge in [0.2, 0.25) is 0 Å². The van der Waals surface area contributed by atoms with Crippen LogP contribution in [0.1, 0.15) is 31.0 Å². The van der Waals surface area contributed by atoms with Gasteiger partial charge in [-0.15, -0.1) is 0 Å². The molecule has 0 atom stereocenters. The third-order valence-corrected chi connectivity index (χ3v) is 6.41. The highest BCUT2D eigenvalue weighted by Crippen LogP contribution is 2.29. The molecule has 4 rings (SSSR count). The standard InChI is InChI=1S/C30H34N4O2/c1-4-24(29(35)12-7-15-34-16-18-36-19-17-34)20-26-10-6-9-25(14-13-22(26)2)27-21-31-33-30(27)28-11-5-8-23(3)32-28/h4-6,8-11,13-14,20-21H,2,7,12,15-19H2,1,3H3,(H,31,33)/b10-6+,14-13-,24-4+,25-9-,26-20-. The van der Waals surface area contributed by atoms with Gasteiger partial charge in [0.15, 0.2) is 5.78 Å². The lowest BCUT2D eigenvalue weighted by Gasteiger charge is -2.26. The van der Waals surface area contributed by atoms with Crippen molar-refractivity contribution in [2.75, 3.05) is 32.8 Å². The Balaban J connectivity index is 1.46. The van der Waals surface area contributed by atoms with Crippen LogP contribution in [0.3, 0.4) is 0 Å². The van der Waals surface area contributed by atoms with E-state index in [1.54, 1.807) is 0 Å². The van der Waals surface area contributed by atoms with E-state index >= 15 is 0 Å². The molecular formula is C30H34N4O2. The van der Waals surface area contributed by atoms with Crippen LogP contribution in [-0.2, 0) is 9.53 Å². The summed E-state index contributed by atoms with van der Waals surface area (Å²) < 4.78 is 5.40. The van der Waals surface area contributed by atoms with Gasteiger partial charge in [-0.25, -0.2) is 0 Å². The summed E-state index contributed by atoms with van der Waals surface area (Å²) in [5, 5.41) is 7.35. The third-order valence-electron chi connectivity index (χ3n) is 6.41. The molecule has 0 saturated carbocycles. The van der Waals surface area contributed by atoms with Gasteiger partial charge >= 0.3 is 0 Å². The fourth-order valence-corrected chi connectivity index (χ4v) is 4.33. The van der Waals surface area contributed by atoms with E-state index in [0.29, 0.717) is 6.42 Å². The molecule has 0 radical (unpaired) electrons. The molecule has 2 aliphatic rings. The van der Waals surface area contributed by atoms with Crippen molar-refractivity contribution in [3.05, 3.63) is 101 Å². The Morgan fingerprint density at radius 2 is 2.06 bits per heavy atom. The van der Waals surface area contributed by atoms with E-state index in [0.717, 1.165) is 84.2 Å². The first-order valence-corrected chi connectivity index (χ1v) is 12.5. The molecule has 0 unspecified atom stereocenters. The molecule has 1 aliphatic carbocycles. The number of Topliss-reactive ketones (excluding diaryl/α,β-unsaturated/α-hetero) is 1. The smallest absolute Gasteiger partial charge is 0.162 e. The molecule has 1 fully saturated rings. The number of nitrogens with zero attached hydrogens (tertiary/aromatic N) is 3. The first kappa shape index (κ1) is 25.5. The van der Waals surface area contributed by atoms with Crippen LogP contribution < -0.4 is 0 Å². The number of H-pyrrole nitrogens is 1. The summed E-state index contributed by atoms with van der Waals surface area (Å²) in [7, 11) is 0. The number of aryl methyl sites for hydroxylation is 1. The predicted molar refractivity (Wildman–Crippen MR) is 145 cm³/mol. The molecule has 0 bridgehead atoms. The van der Waals surface area contributed by atoms with Gasteiger partial charge in [0.1, 0.15) is 0 Å². The average molecular weight is 483 g/mol. The first-order chi connectivity index (χ1) is 17.5. The van der Waals surface area contributed by atoms with Gasteiger partial charge in [-0.3, -0.25) is 19.8 Å². The van der Waals surface area contributed by atoms with E-state index < -0.39 is 0 Å². The SMILES string of the molecule is C=C1\C=C/C(c2cn[nH]c2-c2cccc(C)n2)=C/C=C/C1=C/C(=C\C)C(=O)CCCN1CCOCC1. The molecule has 3 heterocycles. The molecule has 0 amide bonds. The zero-order valence-electron chi connectivity index (χ0n) is 21.2. The van der Waals surface area contributed by atoms with Crippen molar-refractivity contribution >= 4 is 11.4 Å². The maximum absolute atomic E-state index is 12.9. The van der Waals surface area contributed by atoms with Gasteiger partial charge in [0, 0.05) is 36.3 Å². The van der Waals surface area contributed by atoms with Crippen LogP contribution in [0, 0.1) is 6.92 Å². The number of allylic oxidation sites excluding steroid dienone is 11. The van der Waals surface area contributed by atoms with E-state index in [1.165, 1.54) is 0 Å². The number of carbonyl (C=O) groups excluding carboxylic acids is 1. The molecule has 2 aromatic heterocycles. The number of ether oxygens (including phenoxy) is 1. The van der Waals surface area contributed by atoms with Crippen molar-refractivity contribution in [3.8, 4) is 11.4 Å². The molecule has 0 aromatic carbocycles. The average Bonchev–Trinajstić information content (AvgIpc) is 3.37. The van der Waals surface area contributed by atoms with E-state index in [-0.39, 0.29) is 5.78 Å². The van der Waals surface area contributed by atoms with Crippen molar-refractivity contribution in [1.82, 2.24) is 20.1 Å². The maximum Gasteiger partial charge on any atom is 0.162 e. The topological polar surface area (TPSA) is 71.1 Å². The summed E-state index contributed by atoms with van der Waals surface area (Å²) in [6.45, 7) is 12.5. The fourth-order valence-electron chi connectivity index (χ4n) is 4.33. The number of morpholine rings is 1. The van der Waals surface area contributed by atoms with Crippen molar-refractivity contribution in [1.29, 1.82) is 0 Å². The lowest BCUT2D eigenvalue weighted by Crippen LogP contribution is -2.36. The molecule has 6 nitrogen and oxygen atoms in total. The number of pyridine rings is 1. The van der Waals surface area contributed by atoms with E-state index in [2.05, 4.69) is 26.7 Å². The zero-order chi connectivity index (χ0) is 25.3. The molecule has 2 aromatic rings. The van der Waals surface area contributed by atoms with Crippen molar-refractivity contribution in [2.24, 2.45) is 0 Å². The summed E-state index contributed by atoms with van der Waals surface area (Å²) in [5.41, 5.74) is 7.14. The predicted octanol–water partition coefficient (Wildman–Crippen LogP) is 5.40. The normalized spacial score (nSPS) is 21.5. The Morgan fingerprint density at radius 1 is 1.22 bits per heavy atom. The van der Waals surface area contributed by atoms with E-state index in [1.807, 2.05) is 80.8 Å². The van der Waals surface area contributed by atoms with Crippen LogP contribution >= 0.6 is 0 Å². The molecule has 36 heavy (non-hydrogen) atoms. The lowest BCUT2D eigenvalue weighted by molar-refractivity contribution is -0.115. The van der Waals surface area contributed by atoms with Crippen LogP contribution in [0.2, 0.25) is 0 Å². The molecule has 6 heteroatoms. The van der Waals surface area contributed by atoms with Gasteiger partial charge in [0.05, 0.1) is 30.8 Å². The van der Waals surface area contributed by atoms with Crippen molar-refractivity contribution < 1.29 is 9.53 Å². The Labute approximate surface area is 213 Å². The molecule has 1 N–H and O–H groups in total. The van der Waals surface area contributed by atoms with Gasteiger partial charge in [-0.1, -0.05) is 49.1 Å². The summed E-state index contributed by atoms with van der Waals surface area (Å²) >= 11 is 0. The summed E-state index contributed by atoms with van der Waals surface area (Å²) in [6, 6.07) is 5.94. The molecule has 1 saturated heterocycles. The van der Waals surface area contributed by atoms with Gasteiger partial charge < -0.3 is 4.74 Å². The number of carbonyl (C=O) groups is 1. The number of nitrogens with one attached hydrogen (secondary N) is 1. The van der Waals surface area contributed by atoms with Gasteiger partial charge in [-0.2, -0.15) is 5.10 Å². The van der Waals surface area contributed by atoms with Crippen molar-refractivity contribution in [2.45, 2.75) is 26.7 Å². The number of hydrogen-bond acceptors (Lipinski definition) is 5. The number of hydrogen-bond donors (Lipinski definition) is 1. The molecule has 0 spiro atoms. The summed E-state index contributed by atoms with van der Waals surface area (Å²) in [6.07, 6.45) is 17.1. The highest BCUT2D eigenvalue weighted by molar-refractivity contribution is 5.98. The first-order valence-electron chi connectivity index (χ1n) is 12.5. The number of aromatic amines is 1. The van der Waals surface area contributed by atoms with Gasteiger partial charge in [-0.05, 0) is 61.7 Å². The number of ketones is 1. The van der Waals surface area contributed by atoms with Crippen molar-refractivity contribution in [3.63, 3.8) is 0 Å². The Morgan fingerprint density at radius 3 is 2.83 bits per heavy atom. The van der Waals surface area contributed by atoms with Gasteiger partial charge in [0.25, 0.3) is 0 Å². The zero-order valence-corrected chi connectivity index (χ0v) is 21.2. The second-order valence-corrected chi connectivity index (χ2v) is 8.99. The Kier molecular flexibility index (Phi) is 8.76. The van der Waals surface area contributed by atoms with Crippen LogP contribution in [0.15, 0.2) is 90.2 Å². The van der Waals surface area contributed by atoms with E-state index in [4.69, 9.17) is 4.74 Å². The highest BCUT2D eigenvalue weighted by Gasteiger charge is 2.14. The van der Waals surface area contributed by atoms with Crippen LogP contribution in [0.4, 0.5) is 0 Å². The minimum absolute atomic E-state index is 0.162. The monoisotopic (exact) mass is 482 g/mol. The summed E-state index contributed by atoms with van der Waals surface area (Å²) in [5.74, 6) is 0.162. The lowest BCUT2D eigenvalue weighted by atomic mass is 9.95. The Hall–Kier alpha value is -3.61.